The predicted octanol–water partition coefficient (Wildman–Crippen LogP) is 4.14. The van der Waals surface area contributed by atoms with Crippen LogP contribution >= 0.6 is 0 Å². The highest BCUT2D eigenvalue weighted by molar-refractivity contribution is 5.91. The first-order valence-electron chi connectivity index (χ1n) is 16.7. The number of carbonyl (C=O) groups is 3. The van der Waals surface area contributed by atoms with Crippen LogP contribution in [0.3, 0.4) is 0 Å². The number of para-hydroxylation sites is 1. The Morgan fingerprint density at radius 2 is 1.70 bits per heavy atom. The second-order valence-electron chi connectivity index (χ2n) is 13.9. The van der Waals surface area contributed by atoms with Crippen LogP contribution in [0.1, 0.15) is 68.4 Å². The maximum atomic E-state index is 14.2. The third-order valence-electron chi connectivity index (χ3n) is 10.5. The summed E-state index contributed by atoms with van der Waals surface area (Å²) in [6.07, 6.45) is 7.77. The molecule has 47 heavy (non-hydrogen) atoms. The Balaban J connectivity index is 1.07. The van der Waals surface area contributed by atoms with Gasteiger partial charge in [0.2, 0.25) is 11.8 Å². The summed E-state index contributed by atoms with van der Waals surface area (Å²) < 4.78 is 6.17. The molecule has 0 spiro atoms. The number of hydrogen-bond acceptors (Lipinski definition) is 7. The molecule has 4 aliphatic carbocycles. The number of rotatable bonds is 12. The van der Waals surface area contributed by atoms with Gasteiger partial charge in [-0.25, -0.2) is 4.79 Å². The van der Waals surface area contributed by atoms with Gasteiger partial charge in [-0.15, -0.1) is 10.2 Å². The Labute approximate surface area is 273 Å². The zero-order chi connectivity index (χ0) is 32.4. The van der Waals surface area contributed by atoms with Gasteiger partial charge in [-0.1, -0.05) is 53.7 Å². The van der Waals surface area contributed by atoms with Crippen molar-refractivity contribution in [3.63, 3.8) is 0 Å². The lowest BCUT2D eigenvalue weighted by molar-refractivity contribution is -0.128. The SMILES string of the molecule is C[C@](Cc1c[nH]c2ccccc12)(NC(=O)OC1C2CC3CC(C2)CC1C3)C(=O)NC[C@H](NC(=O)CCc1nn[nH]n1)c1ccccc1. The molecule has 0 unspecified atom stereocenters. The first-order valence-corrected chi connectivity index (χ1v) is 16.7. The number of tetrazole rings is 1. The summed E-state index contributed by atoms with van der Waals surface area (Å²) in [5, 5.41) is 23.8. The van der Waals surface area contributed by atoms with E-state index in [0.29, 0.717) is 24.1 Å². The number of aryl methyl sites for hydroxylation is 1. The first kappa shape index (κ1) is 30.9. The van der Waals surface area contributed by atoms with Gasteiger partial charge in [0.05, 0.1) is 6.04 Å². The third-order valence-corrected chi connectivity index (χ3v) is 10.5. The first-order chi connectivity index (χ1) is 22.8. The lowest BCUT2D eigenvalue weighted by Gasteiger charge is -2.53. The summed E-state index contributed by atoms with van der Waals surface area (Å²) in [6, 6.07) is 16.9. The van der Waals surface area contributed by atoms with Crippen molar-refractivity contribution in [3.05, 3.63) is 77.7 Å². The van der Waals surface area contributed by atoms with Gasteiger partial charge in [-0.3, -0.25) is 9.59 Å². The molecule has 0 radical (unpaired) electrons. The number of alkyl carbamates (subject to hydrolysis) is 1. The fourth-order valence-corrected chi connectivity index (χ4v) is 8.39. The molecule has 2 aromatic carbocycles. The Kier molecular flexibility index (Phi) is 8.66. The van der Waals surface area contributed by atoms with Crippen LogP contribution in [0, 0.1) is 23.7 Å². The maximum absolute atomic E-state index is 14.2. The zero-order valence-electron chi connectivity index (χ0n) is 26.6. The van der Waals surface area contributed by atoms with Gasteiger partial charge in [0, 0.05) is 42.9 Å². The molecule has 0 aliphatic heterocycles. The highest BCUT2D eigenvalue weighted by atomic mass is 16.6. The van der Waals surface area contributed by atoms with Gasteiger partial charge < -0.3 is 25.7 Å². The standard InChI is InChI=1S/C35H42N8O4/c1-35(18-26-19-36-28-10-6-5-9-27(26)28,39-34(46)47-32-24-14-21-13-22(16-24)17-25(32)15-21)33(45)37-20-29(23-7-3-2-4-8-23)38-31(44)12-11-30-40-42-43-41-30/h2-10,19,21-22,24-25,29,32,36H,11-18,20H2,1H3,(H,37,45)(H,38,44)(H,39,46)(H,40,41,42,43)/t21?,22?,24?,25?,29-,32?,35+/m0/s1. The Bertz CT molecular complexity index is 1680. The number of nitrogens with zero attached hydrogens (tertiary/aromatic N) is 3. The van der Waals surface area contributed by atoms with Crippen molar-refractivity contribution in [2.75, 3.05) is 6.54 Å². The van der Waals surface area contributed by atoms with Crippen LogP contribution in [0.25, 0.3) is 10.9 Å². The number of H-pyrrole nitrogens is 2. The number of amides is 3. The molecule has 5 N–H and O–H groups in total. The lowest BCUT2D eigenvalue weighted by atomic mass is 9.55. The van der Waals surface area contributed by atoms with Crippen LogP contribution in [-0.2, 0) is 27.2 Å². The Morgan fingerprint density at radius 3 is 2.43 bits per heavy atom. The molecule has 0 saturated heterocycles. The van der Waals surface area contributed by atoms with E-state index in [0.717, 1.165) is 59.5 Å². The number of fused-ring (bicyclic) bond motifs is 1. The third kappa shape index (κ3) is 6.86. The molecule has 4 saturated carbocycles. The van der Waals surface area contributed by atoms with E-state index in [1.165, 1.54) is 6.42 Å². The minimum absolute atomic E-state index is 0.103. The summed E-state index contributed by atoms with van der Waals surface area (Å²) in [4.78, 5) is 44.0. The van der Waals surface area contributed by atoms with E-state index in [2.05, 4.69) is 41.6 Å². The fourth-order valence-electron chi connectivity index (χ4n) is 8.39. The average molecular weight is 639 g/mol. The number of aromatic nitrogens is 5. The summed E-state index contributed by atoms with van der Waals surface area (Å²) >= 11 is 0. The molecule has 3 amide bonds. The molecule has 4 fully saturated rings. The van der Waals surface area contributed by atoms with E-state index < -0.39 is 17.7 Å². The number of hydrogen-bond donors (Lipinski definition) is 5. The quantitative estimate of drug-likeness (QED) is 0.156. The van der Waals surface area contributed by atoms with Crippen molar-refractivity contribution in [3.8, 4) is 0 Å². The van der Waals surface area contributed by atoms with Crippen molar-refractivity contribution in [1.29, 1.82) is 0 Å². The van der Waals surface area contributed by atoms with E-state index in [1.807, 2.05) is 60.8 Å². The number of ether oxygens (including phenoxy) is 1. The van der Waals surface area contributed by atoms with Crippen LogP contribution in [0.5, 0.6) is 0 Å². The second-order valence-corrected chi connectivity index (χ2v) is 13.9. The smallest absolute Gasteiger partial charge is 0.408 e. The topological polar surface area (TPSA) is 167 Å². The average Bonchev–Trinajstić information content (AvgIpc) is 3.74. The van der Waals surface area contributed by atoms with Gasteiger partial charge >= 0.3 is 6.09 Å². The molecule has 2 heterocycles. The summed E-state index contributed by atoms with van der Waals surface area (Å²) in [6.45, 7) is 1.86. The highest BCUT2D eigenvalue weighted by Gasteiger charge is 2.50. The molecule has 8 rings (SSSR count). The van der Waals surface area contributed by atoms with Crippen molar-refractivity contribution in [1.82, 2.24) is 41.6 Å². The number of aromatic amines is 2. The summed E-state index contributed by atoms with van der Waals surface area (Å²) in [5.74, 6) is 2.20. The molecule has 2 aromatic heterocycles. The van der Waals surface area contributed by atoms with E-state index in [-0.39, 0.29) is 37.3 Å². The molecule has 246 valence electrons. The number of carbonyl (C=O) groups excluding carboxylic acids is 3. The minimum Gasteiger partial charge on any atom is -0.446 e. The van der Waals surface area contributed by atoms with Crippen molar-refractivity contribution in [2.24, 2.45) is 23.7 Å². The van der Waals surface area contributed by atoms with E-state index in [4.69, 9.17) is 4.74 Å². The Morgan fingerprint density at radius 1 is 0.979 bits per heavy atom. The maximum Gasteiger partial charge on any atom is 0.408 e. The Hall–Kier alpha value is -4.74. The second kappa shape index (κ2) is 13.2. The van der Waals surface area contributed by atoms with Gasteiger partial charge in [-0.05, 0) is 79.9 Å². The summed E-state index contributed by atoms with van der Waals surface area (Å²) in [5.41, 5.74) is 1.36. The molecular weight excluding hydrogens is 596 g/mol. The number of nitrogens with one attached hydrogen (secondary N) is 5. The summed E-state index contributed by atoms with van der Waals surface area (Å²) in [7, 11) is 0. The molecule has 12 nitrogen and oxygen atoms in total. The van der Waals surface area contributed by atoms with Crippen LogP contribution in [0.2, 0.25) is 0 Å². The van der Waals surface area contributed by atoms with Crippen molar-refractivity contribution >= 4 is 28.8 Å². The van der Waals surface area contributed by atoms with Crippen molar-refractivity contribution in [2.45, 2.75) is 76.0 Å². The number of benzene rings is 2. The van der Waals surface area contributed by atoms with Gasteiger partial charge in [0.25, 0.3) is 0 Å². The molecule has 4 aliphatic rings. The molecule has 2 atom stereocenters. The largest absolute Gasteiger partial charge is 0.446 e. The van der Waals surface area contributed by atoms with Crippen molar-refractivity contribution < 1.29 is 19.1 Å². The molecule has 12 heteroatoms. The monoisotopic (exact) mass is 638 g/mol. The van der Waals surface area contributed by atoms with E-state index >= 15 is 0 Å². The van der Waals surface area contributed by atoms with Crippen LogP contribution in [-0.4, -0.2) is 61.7 Å². The minimum atomic E-state index is -1.34. The highest BCUT2D eigenvalue weighted by Crippen LogP contribution is 2.54. The lowest BCUT2D eigenvalue weighted by Crippen LogP contribution is -2.60. The van der Waals surface area contributed by atoms with E-state index in [1.54, 1.807) is 6.92 Å². The van der Waals surface area contributed by atoms with Gasteiger partial charge in [-0.2, -0.15) is 5.21 Å². The fraction of sp³-hybridized carbons (Fsp3) is 0.486. The molecule has 4 aromatic rings. The van der Waals surface area contributed by atoms with Crippen LogP contribution < -0.4 is 16.0 Å². The van der Waals surface area contributed by atoms with E-state index in [9.17, 15) is 14.4 Å². The van der Waals surface area contributed by atoms with Gasteiger partial charge in [0.15, 0.2) is 5.82 Å². The van der Waals surface area contributed by atoms with Crippen LogP contribution in [0.4, 0.5) is 4.79 Å². The molecule has 4 bridgehead atoms. The van der Waals surface area contributed by atoms with Gasteiger partial charge in [0.1, 0.15) is 11.6 Å². The predicted molar refractivity (Wildman–Crippen MR) is 174 cm³/mol. The zero-order valence-corrected chi connectivity index (χ0v) is 26.6. The normalized spacial score (nSPS) is 24.7. The van der Waals surface area contributed by atoms with Crippen LogP contribution in [0.15, 0.2) is 60.8 Å². The molecular formula is C35H42N8O4.